The van der Waals surface area contributed by atoms with Crippen LogP contribution in [-0.2, 0) is 6.42 Å². The van der Waals surface area contributed by atoms with E-state index in [-0.39, 0.29) is 29.1 Å². The van der Waals surface area contributed by atoms with Gasteiger partial charge in [-0.05, 0) is 40.3 Å². The van der Waals surface area contributed by atoms with Crippen molar-refractivity contribution >= 4 is 22.6 Å². The number of benzene rings is 1. The van der Waals surface area contributed by atoms with Crippen LogP contribution >= 0.6 is 0 Å². The van der Waals surface area contributed by atoms with Gasteiger partial charge in [0.05, 0.1) is 11.2 Å². The lowest BCUT2D eigenvalue weighted by molar-refractivity contribution is 0.0694. The zero-order valence-electron chi connectivity index (χ0n) is 16.0. The molecule has 1 saturated heterocycles. The van der Waals surface area contributed by atoms with Crippen LogP contribution in [0, 0.1) is 5.82 Å². The van der Waals surface area contributed by atoms with Crippen LogP contribution in [0.15, 0.2) is 17.1 Å². The third-order valence-corrected chi connectivity index (χ3v) is 6.22. The lowest BCUT2D eigenvalue weighted by Crippen LogP contribution is -2.55. The number of hydrogen-bond acceptors (Lipinski definition) is 4. The Hall–Kier alpha value is -2.41. The molecule has 1 N–H and O–H groups in total. The molecule has 1 aromatic carbocycles. The fourth-order valence-corrected chi connectivity index (χ4v) is 4.57. The number of aromatic nitrogens is 1. The summed E-state index contributed by atoms with van der Waals surface area (Å²) in [6.07, 6.45) is 1.99. The molecule has 3 heterocycles. The van der Waals surface area contributed by atoms with E-state index in [9.17, 15) is 14.7 Å². The van der Waals surface area contributed by atoms with Crippen molar-refractivity contribution in [2.75, 3.05) is 25.0 Å². The first-order chi connectivity index (χ1) is 12.7. The van der Waals surface area contributed by atoms with Gasteiger partial charge >= 0.3 is 5.97 Å². The second-order valence-electron chi connectivity index (χ2n) is 7.99. The zero-order valence-corrected chi connectivity index (χ0v) is 16.0. The van der Waals surface area contributed by atoms with Crippen LogP contribution in [0.5, 0.6) is 0 Å². The summed E-state index contributed by atoms with van der Waals surface area (Å²) < 4.78 is 17.0. The minimum atomic E-state index is -1.28. The number of anilines is 1. The number of pyridine rings is 1. The monoisotopic (exact) mass is 373 g/mol. The molecular formula is C20H24FN3O3. The molecule has 0 spiro atoms. The Labute approximate surface area is 156 Å². The minimum Gasteiger partial charge on any atom is -0.477 e. The fraction of sp³-hybridized carbons (Fsp3) is 0.500. The lowest BCUT2D eigenvalue weighted by atomic mass is 10.0. The van der Waals surface area contributed by atoms with E-state index in [4.69, 9.17) is 0 Å². The molecule has 144 valence electrons. The van der Waals surface area contributed by atoms with Crippen LogP contribution < -0.4 is 10.3 Å². The number of aromatic carboxylic acids is 1. The van der Waals surface area contributed by atoms with Crippen LogP contribution in [0.2, 0.25) is 0 Å². The summed E-state index contributed by atoms with van der Waals surface area (Å²) in [6, 6.07) is 1.77. The van der Waals surface area contributed by atoms with Gasteiger partial charge in [-0.3, -0.25) is 9.69 Å². The zero-order chi connectivity index (χ0) is 19.6. The number of likely N-dealkylation sites (N-methyl/N-ethyl adjacent to an activating group) is 1. The number of carbonyl (C=O) groups is 1. The Kier molecular flexibility index (Phi) is 4.03. The molecular weight excluding hydrogens is 349 g/mol. The van der Waals surface area contributed by atoms with Crippen LogP contribution in [0.1, 0.15) is 42.7 Å². The first kappa shape index (κ1) is 18.0. The standard InChI is InChI=1S/C20H24FN3O3/c1-10-5-13-17-14(19(25)15(20(26)27)9-24(10)17)6-16(21)18(13)23-7-11(2)22(4)12(3)8-23/h6,9-12H,5,7-8H2,1-4H3,(H,26,27)/t10-,11?,12?/m0/s1. The maximum Gasteiger partial charge on any atom is 0.341 e. The highest BCUT2D eigenvalue weighted by Gasteiger charge is 2.34. The lowest BCUT2D eigenvalue weighted by Gasteiger charge is -2.44. The third kappa shape index (κ3) is 2.56. The number of carboxylic acids is 1. The topological polar surface area (TPSA) is 65.8 Å². The molecule has 0 radical (unpaired) electrons. The molecule has 0 aliphatic carbocycles. The highest BCUT2D eigenvalue weighted by atomic mass is 19.1. The van der Waals surface area contributed by atoms with E-state index in [1.165, 1.54) is 12.3 Å². The van der Waals surface area contributed by atoms with Gasteiger partial charge in [0.2, 0.25) is 5.43 Å². The number of halogens is 1. The Morgan fingerprint density at radius 3 is 2.41 bits per heavy atom. The smallest absolute Gasteiger partial charge is 0.341 e. The van der Waals surface area contributed by atoms with E-state index in [0.29, 0.717) is 30.7 Å². The molecule has 2 aliphatic heterocycles. The van der Waals surface area contributed by atoms with Crippen molar-refractivity contribution in [2.24, 2.45) is 0 Å². The first-order valence-electron chi connectivity index (χ1n) is 9.31. The normalized spacial score (nSPS) is 25.4. The van der Waals surface area contributed by atoms with Gasteiger partial charge in [0.15, 0.2) is 0 Å². The van der Waals surface area contributed by atoms with Crippen LogP contribution in [0.3, 0.4) is 0 Å². The molecule has 4 rings (SSSR count). The molecule has 0 saturated carbocycles. The summed E-state index contributed by atoms with van der Waals surface area (Å²) in [6.45, 7) is 7.63. The number of nitrogens with zero attached hydrogens (tertiary/aromatic N) is 3. The van der Waals surface area contributed by atoms with Crippen molar-refractivity contribution in [1.82, 2.24) is 9.47 Å². The maximum absolute atomic E-state index is 15.2. The second-order valence-corrected chi connectivity index (χ2v) is 7.99. The van der Waals surface area contributed by atoms with Crippen molar-refractivity contribution in [3.63, 3.8) is 0 Å². The van der Waals surface area contributed by atoms with Crippen LogP contribution in [-0.4, -0.2) is 52.8 Å². The predicted molar refractivity (Wildman–Crippen MR) is 102 cm³/mol. The summed E-state index contributed by atoms with van der Waals surface area (Å²) >= 11 is 0. The average Bonchev–Trinajstić information content (AvgIpc) is 2.91. The number of carboxylic acid groups (broad SMARTS) is 1. The van der Waals surface area contributed by atoms with Gasteiger partial charge in [-0.1, -0.05) is 0 Å². The molecule has 0 bridgehead atoms. The van der Waals surface area contributed by atoms with Gasteiger partial charge in [-0.2, -0.15) is 0 Å². The quantitative estimate of drug-likeness (QED) is 0.876. The van der Waals surface area contributed by atoms with Crippen LogP contribution in [0.25, 0.3) is 10.9 Å². The summed E-state index contributed by atoms with van der Waals surface area (Å²) in [5, 5.41) is 9.50. The van der Waals surface area contributed by atoms with Gasteiger partial charge in [-0.25, -0.2) is 9.18 Å². The van der Waals surface area contributed by atoms with Crippen molar-refractivity contribution in [1.29, 1.82) is 0 Å². The molecule has 2 aromatic rings. The van der Waals surface area contributed by atoms with Crippen molar-refractivity contribution in [3.8, 4) is 0 Å². The van der Waals surface area contributed by atoms with Crippen LogP contribution in [0.4, 0.5) is 10.1 Å². The van der Waals surface area contributed by atoms with Crippen molar-refractivity contribution in [3.05, 3.63) is 39.4 Å². The molecule has 1 fully saturated rings. The Morgan fingerprint density at radius 1 is 1.19 bits per heavy atom. The molecule has 3 atom stereocenters. The van der Waals surface area contributed by atoms with Gasteiger partial charge in [0, 0.05) is 48.4 Å². The molecule has 2 aliphatic rings. The fourth-order valence-electron chi connectivity index (χ4n) is 4.57. The molecule has 6 nitrogen and oxygen atoms in total. The summed E-state index contributed by atoms with van der Waals surface area (Å²) in [7, 11) is 2.08. The third-order valence-electron chi connectivity index (χ3n) is 6.22. The highest BCUT2D eigenvalue weighted by Crippen LogP contribution is 2.40. The Bertz CT molecular complexity index is 1000. The van der Waals surface area contributed by atoms with Gasteiger partial charge in [0.1, 0.15) is 11.4 Å². The number of rotatable bonds is 2. The van der Waals surface area contributed by atoms with E-state index < -0.39 is 17.2 Å². The largest absolute Gasteiger partial charge is 0.477 e. The molecule has 7 heteroatoms. The molecule has 2 unspecified atom stereocenters. The van der Waals surface area contributed by atoms with E-state index in [0.717, 1.165) is 5.56 Å². The first-order valence-corrected chi connectivity index (χ1v) is 9.31. The van der Waals surface area contributed by atoms with E-state index in [2.05, 4.69) is 30.7 Å². The minimum absolute atomic E-state index is 0.0240. The van der Waals surface area contributed by atoms with E-state index in [1.807, 2.05) is 11.5 Å². The SMILES string of the molecule is CC1CN(c2c(F)cc3c(=O)c(C(=O)O)cn4c3c2C[C@@H]4C)CC(C)N1C. The maximum atomic E-state index is 15.2. The molecule has 27 heavy (non-hydrogen) atoms. The predicted octanol–water partition coefficient (Wildman–Crippen LogP) is 2.48. The second kappa shape index (κ2) is 6.05. The summed E-state index contributed by atoms with van der Waals surface area (Å²) in [5.41, 5.74) is 1.13. The summed E-state index contributed by atoms with van der Waals surface area (Å²) in [5.74, 6) is -1.72. The Balaban J connectivity index is 1.96. The van der Waals surface area contributed by atoms with E-state index >= 15 is 4.39 Å². The number of piperazine rings is 1. The summed E-state index contributed by atoms with van der Waals surface area (Å²) in [4.78, 5) is 28.4. The average molecular weight is 373 g/mol. The number of hydrogen-bond donors (Lipinski definition) is 1. The highest BCUT2D eigenvalue weighted by molar-refractivity contribution is 5.96. The van der Waals surface area contributed by atoms with Crippen molar-refractivity contribution < 1.29 is 14.3 Å². The van der Waals surface area contributed by atoms with Gasteiger partial charge in [-0.15, -0.1) is 0 Å². The molecule has 0 amide bonds. The van der Waals surface area contributed by atoms with Gasteiger partial charge in [0.25, 0.3) is 0 Å². The molecule has 1 aromatic heterocycles. The van der Waals surface area contributed by atoms with Gasteiger partial charge < -0.3 is 14.6 Å². The van der Waals surface area contributed by atoms with Crippen molar-refractivity contribution in [2.45, 2.75) is 45.3 Å². The van der Waals surface area contributed by atoms with E-state index in [1.54, 1.807) is 0 Å². The Morgan fingerprint density at radius 2 is 1.81 bits per heavy atom.